The van der Waals surface area contributed by atoms with E-state index in [1.165, 1.54) is 16.8 Å². The van der Waals surface area contributed by atoms with Gasteiger partial charge in [-0.25, -0.2) is 23.7 Å². The van der Waals surface area contributed by atoms with Crippen LogP contribution in [-0.4, -0.2) is 37.1 Å². The molecule has 0 atom stereocenters. The average Bonchev–Trinajstić information content (AvgIpc) is 3.14. The standard InChI is InChI=1S/C20H17FN6O2/c1-3-29-20(28)13-8-10-27-17(13)19(24-15-7-9-22-11-14(15)21)25-18(26-27)16-6-4-5-12(2)23-16/h4-11H,3H2,1-2H3,(H,22,24,25,26). The number of rotatable bonds is 5. The van der Waals surface area contributed by atoms with Crippen LogP contribution in [0.4, 0.5) is 15.9 Å². The molecule has 0 fully saturated rings. The van der Waals surface area contributed by atoms with Crippen molar-refractivity contribution in [1.29, 1.82) is 0 Å². The number of fused-ring (bicyclic) bond motifs is 1. The predicted molar refractivity (Wildman–Crippen MR) is 104 cm³/mol. The fourth-order valence-corrected chi connectivity index (χ4v) is 2.87. The van der Waals surface area contributed by atoms with E-state index < -0.39 is 11.8 Å². The van der Waals surface area contributed by atoms with E-state index in [1.54, 1.807) is 25.3 Å². The van der Waals surface area contributed by atoms with Crippen LogP contribution in [0.2, 0.25) is 0 Å². The van der Waals surface area contributed by atoms with E-state index in [0.29, 0.717) is 17.0 Å². The topological polar surface area (TPSA) is 94.3 Å². The van der Waals surface area contributed by atoms with Gasteiger partial charge in [0.05, 0.1) is 24.1 Å². The van der Waals surface area contributed by atoms with E-state index in [0.717, 1.165) is 11.9 Å². The Kier molecular flexibility index (Phi) is 4.86. The third kappa shape index (κ3) is 3.62. The molecule has 0 radical (unpaired) electrons. The van der Waals surface area contributed by atoms with Gasteiger partial charge in [0.2, 0.25) is 5.82 Å². The summed E-state index contributed by atoms with van der Waals surface area (Å²) < 4.78 is 20.8. The molecule has 0 bridgehead atoms. The lowest BCUT2D eigenvalue weighted by Gasteiger charge is -2.11. The zero-order valence-corrected chi connectivity index (χ0v) is 15.8. The minimum absolute atomic E-state index is 0.166. The normalized spacial score (nSPS) is 10.9. The molecular formula is C20H17FN6O2. The van der Waals surface area contributed by atoms with E-state index in [1.807, 2.05) is 19.1 Å². The Balaban J connectivity index is 1.91. The molecule has 0 aromatic carbocycles. The highest BCUT2D eigenvalue weighted by atomic mass is 19.1. The van der Waals surface area contributed by atoms with Crippen LogP contribution < -0.4 is 5.32 Å². The van der Waals surface area contributed by atoms with Gasteiger partial charge in [-0.15, -0.1) is 5.10 Å². The summed E-state index contributed by atoms with van der Waals surface area (Å²) in [7, 11) is 0. The van der Waals surface area contributed by atoms with E-state index in [9.17, 15) is 9.18 Å². The van der Waals surface area contributed by atoms with Crippen LogP contribution in [0.1, 0.15) is 23.0 Å². The Bertz CT molecular complexity index is 1210. The van der Waals surface area contributed by atoms with Crippen LogP contribution in [-0.2, 0) is 4.74 Å². The fraction of sp³-hybridized carbons (Fsp3) is 0.150. The van der Waals surface area contributed by atoms with Gasteiger partial charge >= 0.3 is 5.97 Å². The van der Waals surface area contributed by atoms with Crippen LogP contribution in [0.15, 0.2) is 48.9 Å². The molecule has 8 nitrogen and oxygen atoms in total. The van der Waals surface area contributed by atoms with Gasteiger partial charge in [-0.3, -0.25) is 4.98 Å². The summed E-state index contributed by atoms with van der Waals surface area (Å²) in [6.07, 6.45) is 4.17. The number of aromatic nitrogens is 5. The van der Waals surface area contributed by atoms with Crippen molar-refractivity contribution in [3.8, 4) is 11.5 Å². The molecule has 0 amide bonds. The number of ether oxygens (including phenoxy) is 1. The first-order chi connectivity index (χ1) is 14.1. The molecule has 0 aliphatic carbocycles. The van der Waals surface area contributed by atoms with Crippen molar-refractivity contribution in [3.05, 3.63) is 66.0 Å². The minimum Gasteiger partial charge on any atom is -0.462 e. The molecule has 0 saturated heterocycles. The highest BCUT2D eigenvalue weighted by Crippen LogP contribution is 2.27. The number of nitrogens with zero attached hydrogens (tertiary/aromatic N) is 5. The lowest BCUT2D eigenvalue weighted by Crippen LogP contribution is -2.09. The molecule has 4 heterocycles. The van der Waals surface area contributed by atoms with E-state index in [-0.39, 0.29) is 23.7 Å². The molecule has 4 aromatic heterocycles. The van der Waals surface area contributed by atoms with Crippen LogP contribution >= 0.6 is 0 Å². The second-order valence-electron chi connectivity index (χ2n) is 6.17. The quantitative estimate of drug-likeness (QED) is 0.519. The highest BCUT2D eigenvalue weighted by molar-refractivity contribution is 6.01. The van der Waals surface area contributed by atoms with Gasteiger partial charge < -0.3 is 10.1 Å². The van der Waals surface area contributed by atoms with Crippen molar-refractivity contribution in [2.45, 2.75) is 13.8 Å². The highest BCUT2D eigenvalue weighted by Gasteiger charge is 2.20. The molecule has 4 aromatic rings. The number of halogens is 1. The molecule has 0 unspecified atom stereocenters. The molecule has 0 saturated carbocycles. The van der Waals surface area contributed by atoms with Crippen LogP contribution in [0, 0.1) is 12.7 Å². The second-order valence-corrected chi connectivity index (χ2v) is 6.17. The molecule has 9 heteroatoms. The third-order valence-electron chi connectivity index (χ3n) is 4.15. The summed E-state index contributed by atoms with van der Waals surface area (Å²) in [6.45, 7) is 3.81. The van der Waals surface area contributed by atoms with E-state index in [2.05, 4.69) is 25.4 Å². The van der Waals surface area contributed by atoms with Gasteiger partial charge in [-0.2, -0.15) is 0 Å². The maximum Gasteiger partial charge on any atom is 0.340 e. The monoisotopic (exact) mass is 392 g/mol. The number of aryl methyl sites for hydroxylation is 1. The van der Waals surface area contributed by atoms with Crippen molar-refractivity contribution < 1.29 is 13.9 Å². The van der Waals surface area contributed by atoms with Crippen LogP contribution in [0.3, 0.4) is 0 Å². The summed E-state index contributed by atoms with van der Waals surface area (Å²) in [5.41, 5.74) is 2.17. The van der Waals surface area contributed by atoms with Crippen molar-refractivity contribution >= 4 is 23.0 Å². The van der Waals surface area contributed by atoms with Gasteiger partial charge in [0.1, 0.15) is 11.2 Å². The Morgan fingerprint density at radius 2 is 2.10 bits per heavy atom. The first-order valence-corrected chi connectivity index (χ1v) is 8.94. The third-order valence-corrected chi connectivity index (χ3v) is 4.15. The molecule has 0 aliphatic heterocycles. The molecule has 0 aliphatic rings. The zero-order valence-electron chi connectivity index (χ0n) is 15.8. The van der Waals surface area contributed by atoms with Gasteiger partial charge in [0, 0.05) is 18.1 Å². The number of hydrogen-bond acceptors (Lipinski definition) is 7. The molecule has 146 valence electrons. The summed E-state index contributed by atoms with van der Waals surface area (Å²) in [4.78, 5) is 25.1. The molecule has 0 spiro atoms. The Hall–Kier alpha value is -3.88. The van der Waals surface area contributed by atoms with Crippen LogP contribution in [0.5, 0.6) is 0 Å². The van der Waals surface area contributed by atoms with Gasteiger partial charge in [0.25, 0.3) is 0 Å². The van der Waals surface area contributed by atoms with Gasteiger partial charge in [-0.05, 0) is 38.1 Å². The Morgan fingerprint density at radius 1 is 1.24 bits per heavy atom. The Labute approximate surface area is 165 Å². The van der Waals surface area contributed by atoms with Crippen molar-refractivity contribution in [3.63, 3.8) is 0 Å². The number of carbonyl (C=O) groups excluding carboxylic acids is 1. The number of carbonyl (C=O) groups is 1. The number of anilines is 2. The van der Waals surface area contributed by atoms with Crippen LogP contribution in [0.25, 0.3) is 17.0 Å². The summed E-state index contributed by atoms with van der Waals surface area (Å²) in [6, 6.07) is 8.55. The summed E-state index contributed by atoms with van der Waals surface area (Å²) in [5.74, 6) is -0.498. The number of pyridine rings is 2. The van der Waals surface area contributed by atoms with Crippen molar-refractivity contribution in [2.24, 2.45) is 0 Å². The maximum absolute atomic E-state index is 14.2. The number of esters is 1. The van der Waals surface area contributed by atoms with Gasteiger partial charge in [0.15, 0.2) is 11.6 Å². The predicted octanol–water partition coefficient (Wildman–Crippen LogP) is 3.55. The number of nitrogens with one attached hydrogen (secondary N) is 1. The summed E-state index contributed by atoms with van der Waals surface area (Å²) in [5, 5.41) is 7.40. The SMILES string of the molecule is CCOC(=O)c1ccn2nc(-c3cccc(C)n3)nc(Nc3ccncc3F)c12. The zero-order chi connectivity index (χ0) is 20.4. The first-order valence-electron chi connectivity index (χ1n) is 8.94. The van der Waals surface area contributed by atoms with E-state index in [4.69, 9.17) is 4.74 Å². The first kappa shape index (κ1) is 18.5. The minimum atomic E-state index is -0.552. The molecular weight excluding hydrogens is 375 g/mol. The lowest BCUT2D eigenvalue weighted by atomic mass is 10.2. The van der Waals surface area contributed by atoms with Crippen molar-refractivity contribution in [2.75, 3.05) is 11.9 Å². The number of hydrogen-bond donors (Lipinski definition) is 1. The maximum atomic E-state index is 14.2. The smallest absolute Gasteiger partial charge is 0.340 e. The second kappa shape index (κ2) is 7.63. The van der Waals surface area contributed by atoms with Gasteiger partial charge in [-0.1, -0.05) is 6.07 Å². The Morgan fingerprint density at radius 3 is 2.86 bits per heavy atom. The molecule has 29 heavy (non-hydrogen) atoms. The fourth-order valence-electron chi connectivity index (χ4n) is 2.87. The summed E-state index contributed by atoms with van der Waals surface area (Å²) >= 11 is 0. The average molecular weight is 392 g/mol. The lowest BCUT2D eigenvalue weighted by molar-refractivity contribution is 0.0528. The largest absolute Gasteiger partial charge is 0.462 e. The molecule has 1 N–H and O–H groups in total. The van der Waals surface area contributed by atoms with Crippen molar-refractivity contribution in [1.82, 2.24) is 24.6 Å². The van der Waals surface area contributed by atoms with E-state index >= 15 is 0 Å². The molecule has 4 rings (SSSR count).